The minimum atomic E-state index is -1.13. The molecule has 2 aromatic heterocycles. The molecule has 35 heavy (non-hydrogen) atoms. The average molecular weight is 502 g/mol. The van der Waals surface area contributed by atoms with E-state index in [0.29, 0.717) is 29.4 Å². The van der Waals surface area contributed by atoms with Crippen LogP contribution in [0, 0.1) is 0 Å². The molecule has 0 radical (unpaired) electrons. The molecule has 1 aliphatic heterocycles. The molecule has 1 aromatic carbocycles. The van der Waals surface area contributed by atoms with Crippen molar-refractivity contribution in [3.63, 3.8) is 0 Å². The molecule has 0 spiro atoms. The summed E-state index contributed by atoms with van der Waals surface area (Å²) in [5, 5.41) is 26.7. The van der Waals surface area contributed by atoms with Gasteiger partial charge in [-0.3, -0.25) is 4.57 Å². The molecule has 11 nitrogen and oxygen atoms in total. The minimum absolute atomic E-state index is 0.236. The van der Waals surface area contributed by atoms with Crippen LogP contribution in [0.1, 0.15) is 38.0 Å². The van der Waals surface area contributed by atoms with Crippen LogP contribution in [0.25, 0.3) is 11.2 Å². The van der Waals surface area contributed by atoms with Crippen molar-refractivity contribution in [3.05, 3.63) is 42.5 Å². The number of thioether (sulfide) groups is 1. The minimum Gasteiger partial charge on any atom is -0.387 e. The number of hydrogen-bond acceptors (Lipinski definition) is 9. The monoisotopic (exact) mass is 501 g/mol. The summed E-state index contributed by atoms with van der Waals surface area (Å²) < 4.78 is 7.49. The highest BCUT2D eigenvalue weighted by atomic mass is 32.2. The lowest BCUT2D eigenvalue weighted by Crippen LogP contribution is -2.32. The first-order chi connectivity index (χ1) is 16.8. The predicted octanol–water partition coefficient (Wildman–Crippen LogP) is 2.10. The van der Waals surface area contributed by atoms with Gasteiger partial charge in [0.25, 0.3) is 0 Å². The van der Waals surface area contributed by atoms with E-state index in [1.54, 1.807) is 16.3 Å². The number of nitrogens with zero attached hydrogens (tertiary/aromatic N) is 4. The van der Waals surface area contributed by atoms with Gasteiger partial charge in [-0.2, -0.15) is 11.8 Å². The van der Waals surface area contributed by atoms with E-state index in [0.717, 1.165) is 17.9 Å². The molecule has 0 aliphatic carbocycles. The Morgan fingerprint density at radius 1 is 1.20 bits per heavy atom. The van der Waals surface area contributed by atoms with Gasteiger partial charge in [0, 0.05) is 18.0 Å². The highest BCUT2D eigenvalue weighted by Gasteiger charge is 2.44. The van der Waals surface area contributed by atoms with Crippen LogP contribution in [0.5, 0.6) is 0 Å². The molecule has 4 rings (SSSR count). The van der Waals surface area contributed by atoms with E-state index in [9.17, 15) is 15.0 Å². The van der Waals surface area contributed by atoms with Crippen LogP contribution in [0.4, 0.5) is 16.3 Å². The summed E-state index contributed by atoms with van der Waals surface area (Å²) in [6.07, 6.45) is -0.0126. The van der Waals surface area contributed by atoms with Crippen molar-refractivity contribution in [2.45, 2.75) is 50.7 Å². The molecule has 2 amide bonds. The number of anilines is 2. The lowest BCUT2D eigenvalue weighted by atomic mass is 10.0. The van der Waals surface area contributed by atoms with E-state index in [1.165, 1.54) is 18.2 Å². The Kier molecular flexibility index (Phi) is 8.06. The van der Waals surface area contributed by atoms with Gasteiger partial charge in [-0.25, -0.2) is 19.7 Å². The van der Waals surface area contributed by atoms with E-state index in [4.69, 9.17) is 10.5 Å². The number of nitrogens with one attached hydrogen (secondary N) is 2. The number of aromatic nitrogens is 4. The van der Waals surface area contributed by atoms with Crippen molar-refractivity contribution in [3.8, 4) is 0 Å². The number of carbonyl (C=O) groups excluding carboxylic acids is 1. The molecular weight excluding hydrogens is 470 g/mol. The zero-order valence-electron chi connectivity index (χ0n) is 19.7. The number of urea groups is 1. The van der Waals surface area contributed by atoms with E-state index in [2.05, 4.69) is 39.4 Å². The number of aliphatic hydroxyl groups excluding tert-OH is 2. The molecule has 0 unspecified atom stereocenters. The Bertz CT molecular complexity index is 1140. The van der Waals surface area contributed by atoms with Crippen molar-refractivity contribution in [2.75, 3.05) is 29.1 Å². The molecule has 12 heteroatoms. The number of imidazole rings is 1. The predicted molar refractivity (Wildman–Crippen MR) is 135 cm³/mol. The number of aliphatic hydroxyl groups is 2. The number of nitrogen functional groups attached to an aromatic ring is 1. The lowest BCUT2D eigenvalue weighted by molar-refractivity contribution is -0.0289. The Morgan fingerprint density at radius 3 is 2.71 bits per heavy atom. The summed E-state index contributed by atoms with van der Waals surface area (Å²) in [5.41, 5.74) is 8.65. The van der Waals surface area contributed by atoms with Gasteiger partial charge in [0.1, 0.15) is 24.1 Å². The normalized spacial score (nSPS) is 22.1. The number of hydrogen-bond donors (Lipinski definition) is 5. The number of benzene rings is 1. The van der Waals surface area contributed by atoms with Crippen LogP contribution >= 0.6 is 11.8 Å². The molecule has 188 valence electrons. The van der Waals surface area contributed by atoms with Crippen molar-refractivity contribution >= 4 is 40.5 Å². The van der Waals surface area contributed by atoms with Crippen LogP contribution in [0.15, 0.2) is 36.9 Å². The summed E-state index contributed by atoms with van der Waals surface area (Å²) in [4.78, 5) is 24.3. The molecule has 1 fully saturated rings. The number of amides is 2. The van der Waals surface area contributed by atoms with Crippen LogP contribution in [0.2, 0.25) is 0 Å². The van der Waals surface area contributed by atoms with Crippen molar-refractivity contribution in [2.24, 2.45) is 0 Å². The van der Waals surface area contributed by atoms with Gasteiger partial charge in [0.2, 0.25) is 0 Å². The standard InChI is InChI=1S/C23H31N7O4S/c1-13(2)14-4-6-15(7-5-14)29-23(33)25-8-3-9-35-10-16-18(31)19(32)22(34-16)30-12-28-17-20(24)26-11-27-21(17)30/h4-7,11-13,16,18-19,22,31-32H,3,8-10H2,1-2H3,(H2,24,26,27)(H2,25,29,33)/t16-,18-,19-,22-/m1/s1. The first-order valence-electron chi connectivity index (χ1n) is 11.5. The number of nitrogens with two attached hydrogens (primary N) is 1. The molecule has 0 bridgehead atoms. The van der Waals surface area contributed by atoms with Crippen molar-refractivity contribution < 1.29 is 19.7 Å². The Hall–Kier alpha value is -2.93. The van der Waals surface area contributed by atoms with Crippen molar-refractivity contribution in [1.82, 2.24) is 24.8 Å². The maximum absolute atomic E-state index is 12.1. The molecule has 3 aromatic rings. The van der Waals surface area contributed by atoms with Gasteiger partial charge >= 0.3 is 6.03 Å². The molecule has 1 aliphatic rings. The van der Waals surface area contributed by atoms with Crippen LogP contribution in [0.3, 0.4) is 0 Å². The first kappa shape index (κ1) is 25.2. The first-order valence-corrected chi connectivity index (χ1v) is 12.7. The summed E-state index contributed by atoms with van der Waals surface area (Å²) >= 11 is 1.58. The third kappa shape index (κ3) is 5.84. The third-order valence-electron chi connectivity index (χ3n) is 5.87. The van der Waals surface area contributed by atoms with Gasteiger partial charge < -0.3 is 31.3 Å². The maximum atomic E-state index is 12.1. The Balaban J connectivity index is 1.18. The van der Waals surface area contributed by atoms with E-state index >= 15 is 0 Å². The average Bonchev–Trinajstić information content (AvgIpc) is 3.39. The SMILES string of the molecule is CC(C)c1ccc(NC(=O)NCCCSC[C@H]2O[C@@H](n3cnc4c(N)ncnc43)[C@H](O)[C@@H]2O)cc1. The largest absolute Gasteiger partial charge is 0.387 e. The summed E-state index contributed by atoms with van der Waals surface area (Å²) in [6.45, 7) is 4.77. The summed E-state index contributed by atoms with van der Waals surface area (Å²) in [5.74, 6) is 1.93. The summed E-state index contributed by atoms with van der Waals surface area (Å²) in [7, 11) is 0. The Labute approximate surface area is 207 Å². The second-order valence-corrected chi connectivity index (χ2v) is 9.87. The fourth-order valence-corrected chi connectivity index (χ4v) is 4.88. The second-order valence-electron chi connectivity index (χ2n) is 8.72. The molecule has 3 heterocycles. The van der Waals surface area contributed by atoms with Crippen LogP contribution in [-0.4, -0.2) is 72.1 Å². The van der Waals surface area contributed by atoms with Crippen LogP contribution in [-0.2, 0) is 4.74 Å². The molecular formula is C23H31N7O4S. The highest BCUT2D eigenvalue weighted by Crippen LogP contribution is 2.33. The quantitative estimate of drug-likeness (QED) is 0.277. The molecule has 6 N–H and O–H groups in total. The fourth-order valence-electron chi connectivity index (χ4n) is 3.86. The van der Waals surface area contributed by atoms with E-state index in [1.807, 2.05) is 24.3 Å². The van der Waals surface area contributed by atoms with E-state index < -0.39 is 24.5 Å². The third-order valence-corrected chi connectivity index (χ3v) is 7.01. The zero-order valence-corrected chi connectivity index (χ0v) is 20.5. The van der Waals surface area contributed by atoms with E-state index in [-0.39, 0.29) is 11.8 Å². The topological polar surface area (TPSA) is 160 Å². The van der Waals surface area contributed by atoms with Crippen LogP contribution < -0.4 is 16.4 Å². The lowest BCUT2D eigenvalue weighted by Gasteiger charge is -2.16. The van der Waals surface area contributed by atoms with Gasteiger partial charge in [0.15, 0.2) is 17.7 Å². The highest BCUT2D eigenvalue weighted by molar-refractivity contribution is 7.99. The summed E-state index contributed by atoms with van der Waals surface area (Å²) in [6, 6.07) is 7.57. The molecule has 0 saturated carbocycles. The smallest absolute Gasteiger partial charge is 0.319 e. The van der Waals surface area contributed by atoms with Gasteiger partial charge in [-0.1, -0.05) is 26.0 Å². The number of carbonyl (C=O) groups is 1. The Morgan fingerprint density at radius 2 is 1.97 bits per heavy atom. The van der Waals surface area contributed by atoms with Crippen molar-refractivity contribution in [1.29, 1.82) is 0 Å². The molecule has 4 atom stereocenters. The maximum Gasteiger partial charge on any atom is 0.319 e. The number of fused-ring (bicyclic) bond motifs is 1. The molecule has 1 saturated heterocycles. The van der Waals surface area contributed by atoms with Gasteiger partial charge in [-0.05, 0) is 35.8 Å². The fraction of sp³-hybridized carbons (Fsp3) is 0.478. The number of ether oxygens (including phenoxy) is 1. The van der Waals surface area contributed by atoms with Gasteiger partial charge in [0.05, 0.1) is 12.4 Å². The second kappa shape index (κ2) is 11.2. The zero-order chi connectivity index (χ0) is 24.9. The number of rotatable bonds is 9. The van der Waals surface area contributed by atoms with Gasteiger partial charge in [-0.15, -0.1) is 0 Å².